The molecule has 3 amide bonds. The molecule has 0 spiro atoms. The average Bonchev–Trinajstić information content (AvgIpc) is 2.85. The van der Waals surface area contributed by atoms with Crippen LogP contribution in [0, 0.1) is 5.92 Å². The number of hydrogen-bond acceptors (Lipinski definition) is 3. The van der Waals surface area contributed by atoms with Crippen LogP contribution in [-0.2, 0) is 13.5 Å². The monoisotopic (exact) mass is 321 g/mol. The van der Waals surface area contributed by atoms with Gasteiger partial charge in [-0.25, -0.2) is 4.79 Å². The fourth-order valence-corrected chi connectivity index (χ4v) is 2.79. The zero-order valence-corrected chi connectivity index (χ0v) is 14.7. The van der Waals surface area contributed by atoms with Crippen molar-refractivity contribution in [1.29, 1.82) is 0 Å². The maximum Gasteiger partial charge on any atom is 0.319 e. The van der Waals surface area contributed by atoms with Crippen LogP contribution >= 0.6 is 0 Å². The lowest BCUT2D eigenvalue weighted by atomic mass is 10.1. The second-order valence-corrected chi connectivity index (χ2v) is 6.70. The number of aryl methyl sites for hydroxylation is 1. The molecule has 1 aliphatic rings. The van der Waals surface area contributed by atoms with Gasteiger partial charge in [0.15, 0.2) is 0 Å². The summed E-state index contributed by atoms with van der Waals surface area (Å²) in [4.78, 5) is 29.8. The van der Waals surface area contributed by atoms with Gasteiger partial charge in [-0.15, -0.1) is 0 Å². The first-order valence-electron chi connectivity index (χ1n) is 8.08. The smallest absolute Gasteiger partial charge is 0.319 e. The van der Waals surface area contributed by atoms with Gasteiger partial charge in [0, 0.05) is 47.3 Å². The Labute approximate surface area is 137 Å². The van der Waals surface area contributed by atoms with E-state index >= 15 is 0 Å². The van der Waals surface area contributed by atoms with Crippen LogP contribution in [0.2, 0.25) is 0 Å². The van der Waals surface area contributed by atoms with Crippen LogP contribution in [0.25, 0.3) is 0 Å². The molecule has 0 unspecified atom stereocenters. The van der Waals surface area contributed by atoms with E-state index in [9.17, 15) is 9.59 Å². The largest absolute Gasteiger partial charge is 0.334 e. The summed E-state index contributed by atoms with van der Waals surface area (Å²) in [6, 6.07) is 1.89. The van der Waals surface area contributed by atoms with E-state index in [2.05, 4.69) is 18.9 Å². The number of rotatable bonds is 3. The van der Waals surface area contributed by atoms with Crippen molar-refractivity contribution in [3.63, 3.8) is 0 Å². The normalized spacial score (nSPS) is 15.2. The van der Waals surface area contributed by atoms with Crippen molar-refractivity contribution in [3.05, 3.63) is 17.5 Å². The summed E-state index contributed by atoms with van der Waals surface area (Å²) < 4.78 is 1.66. The molecule has 0 saturated carbocycles. The second-order valence-electron chi connectivity index (χ2n) is 6.70. The molecule has 0 aliphatic carbocycles. The predicted molar refractivity (Wildman–Crippen MR) is 88.3 cm³/mol. The number of nitrogens with zero attached hydrogens (tertiary/aromatic N) is 5. The molecular weight excluding hydrogens is 294 g/mol. The standard InChI is InChI=1S/C16H27N5O2/c1-12(2)10-13-11-14(19(5)17-13)15(22)20-6-8-21(9-7-20)16(23)18(3)4/h11-12H,6-10H2,1-5H3. The Kier molecular flexibility index (Phi) is 5.28. The van der Waals surface area contributed by atoms with Gasteiger partial charge in [-0.2, -0.15) is 5.10 Å². The molecule has 2 heterocycles. The van der Waals surface area contributed by atoms with Gasteiger partial charge in [-0.3, -0.25) is 9.48 Å². The molecular formula is C16H27N5O2. The van der Waals surface area contributed by atoms with Gasteiger partial charge in [-0.1, -0.05) is 13.8 Å². The van der Waals surface area contributed by atoms with E-state index in [1.165, 1.54) is 0 Å². The highest BCUT2D eigenvalue weighted by atomic mass is 16.2. The highest BCUT2D eigenvalue weighted by Crippen LogP contribution is 2.13. The summed E-state index contributed by atoms with van der Waals surface area (Å²) in [7, 11) is 5.29. The van der Waals surface area contributed by atoms with Crippen molar-refractivity contribution in [2.24, 2.45) is 13.0 Å². The summed E-state index contributed by atoms with van der Waals surface area (Å²) in [6.07, 6.45) is 0.867. The molecule has 23 heavy (non-hydrogen) atoms. The van der Waals surface area contributed by atoms with E-state index in [1.54, 1.807) is 33.5 Å². The highest BCUT2D eigenvalue weighted by molar-refractivity contribution is 5.93. The number of carbonyl (C=O) groups excluding carboxylic acids is 2. The molecule has 128 valence electrons. The highest BCUT2D eigenvalue weighted by Gasteiger charge is 2.27. The van der Waals surface area contributed by atoms with E-state index in [4.69, 9.17) is 0 Å². The lowest BCUT2D eigenvalue weighted by Gasteiger charge is -2.35. The number of aromatic nitrogens is 2. The molecule has 1 aromatic rings. The summed E-state index contributed by atoms with van der Waals surface area (Å²) in [5.74, 6) is 0.500. The molecule has 1 aliphatic heterocycles. The van der Waals surface area contributed by atoms with E-state index < -0.39 is 0 Å². The van der Waals surface area contributed by atoms with Gasteiger partial charge in [0.05, 0.1) is 5.69 Å². The first kappa shape index (κ1) is 17.3. The number of hydrogen-bond donors (Lipinski definition) is 0. The first-order valence-corrected chi connectivity index (χ1v) is 8.08. The maximum absolute atomic E-state index is 12.7. The minimum atomic E-state index is -0.00745. The van der Waals surface area contributed by atoms with Crippen LogP contribution in [0.15, 0.2) is 6.07 Å². The zero-order valence-electron chi connectivity index (χ0n) is 14.7. The van der Waals surface area contributed by atoms with Gasteiger partial charge in [-0.05, 0) is 18.4 Å². The Morgan fingerprint density at radius 3 is 2.26 bits per heavy atom. The Morgan fingerprint density at radius 2 is 1.74 bits per heavy atom. The first-order chi connectivity index (χ1) is 10.8. The lowest BCUT2D eigenvalue weighted by Crippen LogP contribution is -2.53. The van der Waals surface area contributed by atoms with Gasteiger partial charge in [0.25, 0.3) is 5.91 Å². The van der Waals surface area contributed by atoms with E-state index in [-0.39, 0.29) is 11.9 Å². The number of carbonyl (C=O) groups is 2. The van der Waals surface area contributed by atoms with Crippen LogP contribution in [0.1, 0.15) is 30.0 Å². The van der Waals surface area contributed by atoms with E-state index in [0.29, 0.717) is 37.8 Å². The van der Waals surface area contributed by atoms with Crippen LogP contribution < -0.4 is 0 Å². The summed E-state index contributed by atoms with van der Waals surface area (Å²) in [5.41, 5.74) is 1.57. The Morgan fingerprint density at radius 1 is 1.17 bits per heavy atom. The molecule has 0 atom stereocenters. The van der Waals surface area contributed by atoms with Crippen LogP contribution in [0.4, 0.5) is 4.79 Å². The molecule has 0 radical (unpaired) electrons. The van der Waals surface area contributed by atoms with E-state index in [0.717, 1.165) is 12.1 Å². The van der Waals surface area contributed by atoms with Gasteiger partial charge >= 0.3 is 6.03 Å². The minimum Gasteiger partial charge on any atom is -0.334 e. The van der Waals surface area contributed by atoms with Crippen molar-refractivity contribution in [1.82, 2.24) is 24.5 Å². The van der Waals surface area contributed by atoms with Crippen LogP contribution in [0.5, 0.6) is 0 Å². The fraction of sp³-hybridized carbons (Fsp3) is 0.688. The maximum atomic E-state index is 12.7. The van der Waals surface area contributed by atoms with Crippen LogP contribution in [-0.4, -0.2) is 76.7 Å². The molecule has 7 heteroatoms. The molecule has 0 aromatic carbocycles. The average molecular weight is 321 g/mol. The van der Waals surface area contributed by atoms with Gasteiger partial charge in [0.1, 0.15) is 5.69 Å². The van der Waals surface area contributed by atoms with Crippen LogP contribution in [0.3, 0.4) is 0 Å². The molecule has 1 saturated heterocycles. The fourth-order valence-electron chi connectivity index (χ4n) is 2.79. The van der Waals surface area contributed by atoms with Gasteiger partial charge < -0.3 is 14.7 Å². The van der Waals surface area contributed by atoms with E-state index in [1.807, 2.05) is 13.1 Å². The van der Waals surface area contributed by atoms with Crippen molar-refractivity contribution in [3.8, 4) is 0 Å². The molecule has 1 fully saturated rings. The third-order valence-electron chi connectivity index (χ3n) is 3.99. The number of urea groups is 1. The SMILES string of the molecule is CC(C)Cc1cc(C(=O)N2CCN(C(=O)N(C)C)CC2)n(C)n1. The third kappa shape index (κ3) is 4.03. The van der Waals surface area contributed by atoms with Crippen molar-refractivity contribution >= 4 is 11.9 Å². The summed E-state index contributed by atoms with van der Waals surface area (Å²) in [5, 5.41) is 4.43. The minimum absolute atomic E-state index is 0.00291. The number of amides is 3. The quantitative estimate of drug-likeness (QED) is 0.836. The van der Waals surface area contributed by atoms with Crippen molar-refractivity contribution < 1.29 is 9.59 Å². The molecule has 2 rings (SSSR count). The van der Waals surface area contributed by atoms with Gasteiger partial charge in [0.2, 0.25) is 0 Å². The topological polar surface area (TPSA) is 61.7 Å². The Balaban J connectivity index is 2.00. The third-order valence-corrected chi connectivity index (χ3v) is 3.99. The molecule has 0 N–H and O–H groups in total. The second kappa shape index (κ2) is 7.02. The Bertz CT molecular complexity index is 571. The lowest BCUT2D eigenvalue weighted by molar-refractivity contribution is 0.0639. The molecule has 7 nitrogen and oxygen atoms in total. The molecule has 0 bridgehead atoms. The molecule has 1 aromatic heterocycles. The zero-order chi connectivity index (χ0) is 17.1. The number of piperazine rings is 1. The summed E-state index contributed by atoms with van der Waals surface area (Å²) in [6.45, 7) is 6.53. The van der Waals surface area contributed by atoms with Crippen molar-refractivity contribution in [2.75, 3.05) is 40.3 Å². The van der Waals surface area contributed by atoms with Crippen molar-refractivity contribution in [2.45, 2.75) is 20.3 Å². The summed E-state index contributed by atoms with van der Waals surface area (Å²) >= 11 is 0. The Hall–Kier alpha value is -2.05. The predicted octanol–water partition coefficient (Wildman–Crippen LogP) is 1.06.